The van der Waals surface area contributed by atoms with Gasteiger partial charge in [0.25, 0.3) is 0 Å². The standard InChI is InChI=1S/C16H18N4O3/c21-15(13-6-7-20(9-13)16(22)23)18-14-10-19(11-17-14)8-12-4-2-1-3-5-12/h1-5,10-11,13H,6-9H2,(H,18,21)(H,22,23)/t13-/m0/s1. The third kappa shape index (κ3) is 3.68. The van der Waals surface area contributed by atoms with Gasteiger partial charge in [-0.2, -0.15) is 0 Å². The minimum Gasteiger partial charge on any atom is -0.465 e. The van der Waals surface area contributed by atoms with Gasteiger partial charge in [-0.05, 0) is 12.0 Å². The second-order valence-corrected chi connectivity index (χ2v) is 5.62. The van der Waals surface area contributed by atoms with Crippen LogP contribution in [-0.2, 0) is 11.3 Å². The molecule has 0 spiro atoms. The predicted molar refractivity (Wildman–Crippen MR) is 84.1 cm³/mol. The van der Waals surface area contributed by atoms with Crippen molar-refractivity contribution in [2.45, 2.75) is 13.0 Å². The summed E-state index contributed by atoms with van der Waals surface area (Å²) in [7, 11) is 0. The average Bonchev–Trinajstić information content (AvgIpc) is 3.18. The van der Waals surface area contributed by atoms with E-state index in [-0.39, 0.29) is 18.4 Å². The maximum absolute atomic E-state index is 12.2. The van der Waals surface area contributed by atoms with Gasteiger partial charge in [-0.3, -0.25) is 4.79 Å². The van der Waals surface area contributed by atoms with Crippen molar-refractivity contribution in [2.24, 2.45) is 5.92 Å². The lowest BCUT2D eigenvalue weighted by Gasteiger charge is -2.11. The first kappa shape index (κ1) is 15.1. The number of aromatic nitrogens is 2. The largest absolute Gasteiger partial charge is 0.465 e. The van der Waals surface area contributed by atoms with E-state index < -0.39 is 6.09 Å². The number of hydrogen-bond donors (Lipinski definition) is 2. The van der Waals surface area contributed by atoms with Gasteiger partial charge in [-0.15, -0.1) is 0 Å². The minimum atomic E-state index is -0.979. The zero-order valence-electron chi connectivity index (χ0n) is 12.6. The molecule has 1 aromatic heterocycles. The molecule has 120 valence electrons. The smallest absolute Gasteiger partial charge is 0.407 e. The molecule has 7 heteroatoms. The monoisotopic (exact) mass is 314 g/mol. The molecular formula is C16H18N4O3. The summed E-state index contributed by atoms with van der Waals surface area (Å²) in [5.74, 6) is -0.0104. The van der Waals surface area contributed by atoms with Gasteiger partial charge in [0.1, 0.15) is 0 Å². The highest BCUT2D eigenvalue weighted by molar-refractivity contribution is 5.92. The van der Waals surface area contributed by atoms with Crippen LogP contribution in [0.2, 0.25) is 0 Å². The van der Waals surface area contributed by atoms with Gasteiger partial charge in [0.2, 0.25) is 5.91 Å². The number of carboxylic acid groups (broad SMARTS) is 1. The van der Waals surface area contributed by atoms with Gasteiger partial charge in [0.15, 0.2) is 5.82 Å². The molecule has 1 aliphatic rings. The molecule has 1 aliphatic heterocycles. The van der Waals surface area contributed by atoms with E-state index in [1.54, 1.807) is 12.5 Å². The van der Waals surface area contributed by atoms with Gasteiger partial charge in [-0.25, -0.2) is 9.78 Å². The van der Waals surface area contributed by atoms with E-state index >= 15 is 0 Å². The number of likely N-dealkylation sites (tertiary alicyclic amines) is 1. The Bertz CT molecular complexity index is 698. The van der Waals surface area contributed by atoms with Crippen LogP contribution in [0, 0.1) is 5.92 Å². The number of carbonyl (C=O) groups is 2. The van der Waals surface area contributed by atoms with E-state index in [4.69, 9.17) is 5.11 Å². The summed E-state index contributed by atoms with van der Waals surface area (Å²) in [5.41, 5.74) is 1.15. The molecule has 1 atom stereocenters. The number of amides is 2. The van der Waals surface area contributed by atoms with Crippen molar-refractivity contribution >= 4 is 17.8 Å². The number of anilines is 1. The lowest BCUT2D eigenvalue weighted by Crippen LogP contribution is -2.30. The van der Waals surface area contributed by atoms with Gasteiger partial charge in [0.05, 0.1) is 12.2 Å². The molecule has 2 N–H and O–H groups in total. The average molecular weight is 314 g/mol. The molecule has 3 rings (SSSR count). The van der Waals surface area contributed by atoms with Gasteiger partial charge in [-0.1, -0.05) is 30.3 Å². The molecule has 0 radical (unpaired) electrons. The van der Waals surface area contributed by atoms with E-state index in [1.165, 1.54) is 4.90 Å². The maximum atomic E-state index is 12.2. The van der Waals surface area contributed by atoms with Gasteiger partial charge < -0.3 is 19.9 Å². The van der Waals surface area contributed by atoms with Crippen molar-refractivity contribution in [3.05, 3.63) is 48.4 Å². The van der Waals surface area contributed by atoms with Crippen molar-refractivity contribution in [3.63, 3.8) is 0 Å². The van der Waals surface area contributed by atoms with Crippen molar-refractivity contribution in [1.82, 2.24) is 14.5 Å². The zero-order chi connectivity index (χ0) is 16.2. The highest BCUT2D eigenvalue weighted by Gasteiger charge is 2.31. The van der Waals surface area contributed by atoms with Gasteiger partial charge in [0, 0.05) is 25.8 Å². The van der Waals surface area contributed by atoms with Crippen molar-refractivity contribution in [3.8, 4) is 0 Å². The minimum absolute atomic E-state index is 0.182. The van der Waals surface area contributed by atoms with Crippen molar-refractivity contribution in [2.75, 3.05) is 18.4 Å². The normalized spacial score (nSPS) is 17.2. The highest BCUT2D eigenvalue weighted by Crippen LogP contribution is 2.18. The fourth-order valence-electron chi connectivity index (χ4n) is 2.68. The first-order chi connectivity index (χ1) is 11.1. The van der Waals surface area contributed by atoms with Crippen LogP contribution in [0.4, 0.5) is 10.6 Å². The quantitative estimate of drug-likeness (QED) is 0.902. The van der Waals surface area contributed by atoms with E-state index in [1.807, 2.05) is 34.9 Å². The molecule has 1 fully saturated rings. The molecule has 23 heavy (non-hydrogen) atoms. The van der Waals surface area contributed by atoms with Crippen LogP contribution in [0.3, 0.4) is 0 Å². The number of carbonyl (C=O) groups excluding carboxylic acids is 1. The Morgan fingerprint density at radius 2 is 2.09 bits per heavy atom. The number of imidazole rings is 1. The second kappa shape index (κ2) is 6.51. The molecule has 0 saturated carbocycles. The lowest BCUT2D eigenvalue weighted by atomic mass is 10.1. The summed E-state index contributed by atoms with van der Waals surface area (Å²) in [6, 6.07) is 9.96. The van der Waals surface area contributed by atoms with Gasteiger partial charge >= 0.3 is 6.09 Å². The van der Waals surface area contributed by atoms with Crippen molar-refractivity contribution < 1.29 is 14.7 Å². The van der Waals surface area contributed by atoms with E-state index in [9.17, 15) is 9.59 Å². The molecule has 2 amide bonds. The van der Waals surface area contributed by atoms with Crippen LogP contribution in [0.1, 0.15) is 12.0 Å². The predicted octanol–water partition coefficient (Wildman–Crippen LogP) is 1.87. The summed E-state index contributed by atoms with van der Waals surface area (Å²) in [4.78, 5) is 28.5. The Morgan fingerprint density at radius 3 is 2.78 bits per heavy atom. The molecule has 1 saturated heterocycles. The number of hydrogen-bond acceptors (Lipinski definition) is 3. The first-order valence-corrected chi connectivity index (χ1v) is 7.46. The molecule has 7 nitrogen and oxygen atoms in total. The Hall–Kier alpha value is -2.83. The lowest BCUT2D eigenvalue weighted by molar-refractivity contribution is -0.119. The third-order valence-corrected chi connectivity index (χ3v) is 3.92. The van der Waals surface area contributed by atoms with Crippen LogP contribution < -0.4 is 5.32 Å². The van der Waals surface area contributed by atoms with E-state index in [2.05, 4.69) is 10.3 Å². The van der Waals surface area contributed by atoms with Crippen LogP contribution in [-0.4, -0.2) is 44.6 Å². The highest BCUT2D eigenvalue weighted by atomic mass is 16.4. The van der Waals surface area contributed by atoms with E-state index in [0.29, 0.717) is 25.3 Å². The maximum Gasteiger partial charge on any atom is 0.407 e. The molecular weight excluding hydrogens is 296 g/mol. The molecule has 0 aliphatic carbocycles. The Kier molecular flexibility index (Phi) is 4.27. The molecule has 0 bridgehead atoms. The van der Waals surface area contributed by atoms with Crippen LogP contribution in [0.15, 0.2) is 42.9 Å². The van der Waals surface area contributed by atoms with Crippen LogP contribution in [0.25, 0.3) is 0 Å². The fourth-order valence-corrected chi connectivity index (χ4v) is 2.68. The summed E-state index contributed by atoms with van der Waals surface area (Å²) in [6.07, 6.45) is 3.01. The Balaban J connectivity index is 1.57. The number of benzene rings is 1. The number of nitrogens with zero attached hydrogens (tertiary/aromatic N) is 3. The third-order valence-electron chi connectivity index (χ3n) is 3.92. The number of nitrogens with one attached hydrogen (secondary N) is 1. The summed E-state index contributed by atoms with van der Waals surface area (Å²) in [5, 5.41) is 11.7. The Morgan fingerprint density at radius 1 is 1.30 bits per heavy atom. The van der Waals surface area contributed by atoms with Crippen molar-refractivity contribution in [1.29, 1.82) is 0 Å². The SMILES string of the molecule is O=C(Nc1cn(Cc2ccccc2)cn1)[C@H]1CCN(C(=O)O)C1. The summed E-state index contributed by atoms with van der Waals surface area (Å²) < 4.78 is 1.89. The number of rotatable bonds is 4. The molecule has 1 aromatic carbocycles. The first-order valence-electron chi connectivity index (χ1n) is 7.46. The molecule has 2 heterocycles. The van der Waals surface area contributed by atoms with Crippen LogP contribution >= 0.6 is 0 Å². The molecule has 0 unspecified atom stereocenters. The zero-order valence-corrected chi connectivity index (χ0v) is 12.6. The summed E-state index contributed by atoms with van der Waals surface area (Å²) in [6.45, 7) is 1.32. The Labute approximate surface area is 133 Å². The fraction of sp³-hybridized carbons (Fsp3) is 0.312. The molecule has 2 aromatic rings. The summed E-state index contributed by atoms with van der Waals surface area (Å²) >= 11 is 0. The topological polar surface area (TPSA) is 87.5 Å². The second-order valence-electron chi connectivity index (χ2n) is 5.62. The van der Waals surface area contributed by atoms with Crippen LogP contribution in [0.5, 0.6) is 0 Å². The van der Waals surface area contributed by atoms with E-state index in [0.717, 1.165) is 5.56 Å².